The van der Waals surface area contributed by atoms with Gasteiger partial charge in [-0.25, -0.2) is 8.42 Å². The van der Waals surface area contributed by atoms with Crippen LogP contribution >= 0.6 is 0 Å². The topological polar surface area (TPSA) is 83.9 Å². The summed E-state index contributed by atoms with van der Waals surface area (Å²) in [6.45, 7) is 2.49. The van der Waals surface area contributed by atoms with Crippen molar-refractivity contribution in [3.8, 4) is 5.75 Å². The third kappa shape index (κ3) is 3.63. The van der Waals surface area contributed by atoms with E-state index in [4.69, 9.17) is 4.74 Å². The molecule has 0 saturated carbocycles. The molecule has 1 N–H and O–H groups in total. The van der Waals surface area contributed by atoms with Crippen LogP contribution in [0.1, 0.15) is 12.5 Å². The molecule has 0 spiro atoms. The van der Waals surface area contributed by atoms with Crippen molar-refractivity contribution in [1.29, 1.82) is 0 Å². The van der Waals surface area contributed by atoms with Crippen LogP contribution in [-0.4, -0.2) is 53.2 Å². The smallest absolute Gasteiger partial charge is 0.243 e. The number of aliphatic hydroxyl groups excluding tert-OH is 1. The van der Waals surface area contributed by atoms with E-state index in [1.165, 1.54) is 16.4 Å². The molecule has 1 aromatic carbocycles. The molecule has 118 valence electrons. The average molecular weight is 333 g/mol. The van der Waals surface area contributed by atoms with Crippen molar-refractivity contribution in [2.45, 2.75) is 18.4 Å². The summed E-state index contributed by atoms with van der Waals surface area (Å²) in [5.41, 5.74) is 0.443. The maximum absolute atomic E-state index is 12.5. The van der Waals surface area contributed by atoms with Gasteiger partial charge in [0.25, 0.3) is 0 Å². The summed E-state index contributed by atoms with van der Waals surface area (Å²) in [4.78, 5) is 0.127. The zero-order valence-corrected chi connectivity index (χ0v) is 13.5. The zero-order chi connectivity index (χ0) is 15.5. The first-order valence-corrected chi connectivity index (χ1v) is 9.63. The molecule has 1 saturated heterocycles. The Morgan fingerprint density at radius 3 is 2.57 bits per heavy atom. The first kappa shape index (κ1) is 16.4. The van der Waals surface area contributed by atoms with Crippen LogP contribution in [-0.2, 0) is 27.4 Å². The second-order valence-electron chi connectivity index (χ2n) is 4.61. The normalized spacial score (nSPS) is 17.8. The predicted molar refractivity (Wildman–Crippen MR) is 80.2 cm³/mol. The van der Waals surface area contributed by atoms with E-state index in [0.29, 0.717) is 29.4 Å². The third-order valence-corrected chi connectivity index (χ3v) is 6.45. The fourth-order valence-electron chi connectivity index (χ4n) is 2.15. The van der Waals surface area contributed by atoms with Crippen LogP contribution in [0.2, 0.25) is 0 Å². The third-order valence-electron chi connectivity index (χ3n) is 3.28. The molecule has 0 atom stereocenters. The van der Waals surface area contributed by atoms with E-state index in [9.17, 15) is 17.7 Å². The minimum atomic E-state index is -3.62. The molecule has 21 heavy (non-hydrogen) atoms. The van der Waals surface area contributed by atoms with Crippen LogP contribution in [0.3, 0.4) is 0 Å². The highest BCUT2D eigenvalue weighted by atomic mass is 32.2. The van der Waals surface area contributed by atoms with Crippen LogP contribution < -0.4 is 4.74 Å². The number of sulfonamides is 1. The number of aliphatic hydroxyl groups is 1. The Kier molecular flexibility index (Phi) is 5.37. The fraction of sp³-hybridized carbons (Fsp3) is 0.538. The molecule has 0 amide bonds. The molecule has 0 aromatic heterocycles. The van der Waals surface area contributed by atoms with E-state index in [0.717, 1.165) is 0 Å². The summed E-state index contributed by atoms with van der Waals surface area (Å²) >= 11 is 0. The minimum absolute atomic E-state index is 0.127. The standard InChI is InChI=1S/C13H19NO5S2/c1-2-19-13-4-3-12(9-11(13)10-15)21(17,18)14-5-7-20(16)8-6-14/h3-4,9,15H,2,5-8,10H2,1H3. The van der Waals surface area contributed by atoms with E-state index < -0.39 is 20.8 Å². The summed E-state index contributed by atoms with van der Waals surface area (Å²) in [5, 5.41) is 9.35. The quantitative estimate of drug-likeness (QED) is 0.839. The van der Waals surface area contributed by atoms with Gasteiger partial charge in [-0.2, -0.15) is 4.31 Å². The van der Waals surface area contributed by atoms with Gasteiger partial charge in [0.15, 0.2) is 0 Å². The highest BCUT2D eigenvalue weighted by Crippen LogP contribution is 2.25. The lowest BCUT2D eigenvalue weighted by Crippen LogP contribution is -2.41. The predicted octanol–water partition coefficient (Wildman–Crippen LogP) is 0.331. The van der Waals surface area contributed by atoms with Crippen molar-refractivity contribution < 1.29 is 22.5 Å². The molecule has 1 fully saturated rings. The van der Waals surface area contributed by atoms with Crippen molar-refractivity contribution in [2.24, 2.45) is 0 Å². The maximum atomic E-state index is 12.5. The molecular weight excluding hydrogens is 314 g/mol. The highest BCUT2D eigenvalue weighted by molar-refractivity contribution is 7.89. The number of hydrogen-bond acceptors (Lipinski definition) is 5. The van der Waals surface area contributed by atoms with E-state index in [1.54, 1.807) is 6.07 Å². The minimum Gasteiger partial charge on any atom is -0.494 e. The van der Waals surface area contributed by atoms with E-state index in [1.807, 2.05) is 6.92 Å². The molecule has 0 unspecified atom stereocenters. The van der Waals surface area contributed by atoms with Gasteiger partial charge < -0.3 is 9.84 Å². The summed E-state index contributed by atoms with van der Waals surface area (Å²) < 4.78 is 43.1. The molecule has 0 radical (unpaired) electrons. The lowest BCUT2D eigenvalue weighted by Gasteiger charge is -2.25. The summed E-state index contributed by atoms with van der Waals surface area (Å²) in [6, 6.07) is 4.47. The van der Waals surface area contributed by atoms with Crippen LogP contribution in [0, 0.1) is 0 Å². The van der Waals surface area contributed by atoms with Crippen molar-refractivity contribution in [1.82, 2.24) is 4.31 Å². The molecule has 1 aromatic rings. The monoisotopic (exact) mass is 333 g/mol. The largest absolute Gasteiger partial charge is 0.494 e. The van der Waals surface area contributed by atoms with Gasteiger partial charge >= 0.3 is 0 Å². The Morgan fingerprint density at radius 2 is 2.00 bits per heavy atom. The molecule has 1 heterocycles. The van der Waals surface area contributed by atoms with E-state index in [-0.39, 0.29) is 24.6 Å². The van der Waals surface area contributed by atoms with Crippen molar-refractivity contribution >= 4 is 20.8 Å². The average Bonchev–Trinajstić information content (AvgIpc) is 2.48. The molecule has 6 nitrogen and oxygen atoms in total. The summed E-state index contributed by atoms with van der Waals surface area (Å²) in [7, 11) is -4.55. The van der Waals surface area contributed by atoms with E-state index >= 15 is 0 Å². The highest BCUT2D eigenvalue weighted by Gasteiger charge is 2.28. The lowest BCUT2D eigenvalue weighted by molar-refractivity contribution is 0.266. The second-order valence-corrected chi connectivity index (χ2v) is 8.25. The Morgan fingerprint density at radius 1 is 1.33 bits per heavy atom. The molecule has 1 aliphatic rings. The van der Waals surface area contributed by atoms with Gasteiger partial charge in [-0.05, 0) is 25.1 Å². The van der Waals surface area contributed by atoms with Gasteiger partial charge in [0, 0.05) is 41.0 Å². The SMILES string of the molecule is CCOc1ccc(S(=O)(=O)N2CCS(=O)CC2)cc1CO. The number of rotatable bonds is 5. The van der Waals surface area contributed by atoms with Gasteiger partial charge in [-0.3, -0.25) is 4.21 Å². The van der Waals surface area contributed by atoms with Crippen molar-refractivity contribution in [2.75, 3.05) is 31.2 Å². The number of hydrogen-bond donors (Lipinski definition) is 1. The lowest BCUT2D eigenvalue weighted by atomic mass is 10.2. The first-order valence-electron chi connectivity index (χ1n) is 6.70. The molecule has 2 rings (SSSR count). The Balaban J connectivity index is 2.29. The van der Waals surface area contributed by atoms with E-state index in [2.05, 4.69) is 0 Å². The molecule has 1 aliphatic heterocycles. The molecule has 8 heteroatoms. The van der Waals surface area contributed by atoms with Crippen LogP contribution in [0.25, 0.3) is 0 Å². The number of ether oxygens (including phenoxy) is 1. The number of nitrogens with zero attached hydrogens (tertiary/aromatic N) is 1. The van der Waals surface area contributed by atoms with Crippen molar-refractivity contribution in [3.05, 3.63) is 23.8 Å². The van der Waals surface area contributed by atoms with Crippen LogP contribution in [0.5, 0.6) is 5.75 Å². The van der Waals surface area contributed by atoms with Gasteiger partial charge in [-0.1, -0.05) is 0 Å². The van der Waals surface area contributed by atoms with Gasteiger partial charge in [0.2, 0.25) is 10.0 Å². The Labute approximate surface area is 127 Å². The molecular formula is C13H19NO5S2. The molecule has 0 bridgehead atoms. The Bertz CT molecular complexity index is 619. The zero-order valence-electron chi connectivity index (χ0n) is 11.8. The Hall–Kier alpha value is -0.960. The maximum Gasteiger partial charge on any atom is 0.243 e. The first-order chi connectivity index (χ1) is 9.98. The summed E-state index contributed by atoms with van der Waals surface area (Å²) in [6.07, 6.45) is 0. The number of benzene rings is 1. The summed E-state index contributed by atoms with van der Waals surface area (Å²) in [5.74, 6) is 1.21. The van der Waals surface area contributed by atoms with Gasteiger partial charge in [0.05, 0.1) is 18.1 Å². The molecule has 0 aliphatic carbocycles. The van der Waals surface area contributed by atoms with Gasteiger partial charge in [0.1, 0.15) is 5.75 Å². The van der Waals surface area contributed by atoms with Crippen molar-refractivity contribution in [3.63, 3.8) is 0 Å². The van der Waals surface area contributed by atoms with Gasteiger partial charge in [-0.15, -0.1) is 0 Å². The fourth-order valence-corrected chi connectivity index (χ4v) is 4.92. The van der Waals surface area contributed by atoms with Crippen LogP contribution in [0.15, 0.2) is 23.1 Å². The second kappa shape index (κ2) is 6.87. The van der Waals surface area contributed by atoms with Crippen LogP contribution in [0.4, 0.5) is 0 Å².